The quantitative estimate of drug-likeness (QED) is 0.667. The second kappa shape index (κ2) is 7.02. The number of carbonyl (C=O) groups excluding carboxylic acids is 2. The van der Waals surface area contributed by atoms with Crippen molar-refractivity contribution in [2.75, 3.05) is 0 Å². The Morgan fingerprint density at radius 3 is 1.58 bits per heavy atom. The molecule has 0 radical (unpaired) electrons. The standard InChI is InChI=1S/C26H16N2O4S/c29-25-23(13-19-9-15-5-1-3-7-17(15)11-21(19)27-25)33(31,32)24-14-20-10-16-6-2-4-8-18(16)12-22(20)28-26(24)30/h1-6,9-14H,7-8H2. The summed E-state index contributed by atoms with van der Waals surface area (Å²) >= 11 is 0. The van der Waals surface area contributed by atoms with Gasteiger partial charge < -0.3 is 0 Å². The molecule has 2 aromatic carbocycles. The molecule has 0 unspecified atom stereocenters. The number of benzene rings is 2. The number of fused-ring (bicyclic) bond motifs is 4. The average Bonchev–Trinajstić information content (AvgIpc) is 2.80. The first kappa shape index (κ1) is 19.7. The molecule has 0 N–H and O–H groups in total. The number of sulfone groups is 1. The van der Waals surface area contributed by atoms with Crippen LogP contribution in [0.25, 0.3) is 24.3 Å². The molecule has 6 rings (SSSR count). The van der Waals surface area contributed by atoms with Gasteiger partial charge in [-0.05, 0) is 70.8 Å². The Labute approximate surface area is 188 Å². The van der Waals surface area contributed by atoms with Crippen LogP contribution in [0.4, 0.5) is 0 Å². The van der Waals surface area contributed by atoms with Crippen LogP contribution < -0.4 is 21.2 Å². The fraction of sp³-hybridized carbons (Fsp3) is 0.0769. The van der Waals surface area contributed by atoms with Crippen molar-refractivity contribution in [1.29, 1.82) is 0 Å². The maximum Gasteiger partial charge on any atom is 0.289 e. The average molecular weight is 452 g/mol. The van der Waals surface area contributed by atoms with Crippen LogP contribution in [0.5, 0.6) is 0 Å². The molecule has 0 aromatic heterocycles. The maximum absolute atomic E-state index is 13.4. The van der Waals surface area contributed by atoms with E-state index in [0.717, 1.165) is 34.4 Å². The zero-order valence-corrected chi connectivity index (χ0v) is 18.1. The molecular formula is C26H16N2O4S. The Hall–Kier alpha value is -3.97. The van der Waals surface area contributed by atoms with E-state index >= 15 is 0 Å². The van der Waals surface area contributed by atoms with Crippen molar-refractivity contribution in [2.45, 2.75) is 12.8 Å². The lowest BCUT2D eigenvalue weighted by Gasteiger charge is -2.15. The van der Waals surface area contributed by atoms with Crippen LogP contribution in [-0.2, 0) is 32.3 Å². The summed E-state index contributed by atoms with van der Waals surface area (Å²) < 4.78 is 26.8. The number of nitrogens with zero attached hydrogens (tertiary/aromatic N) is 2. The minimum absolute atomic E-state index is 0.426. The highest BCUT2D eigenvalue weighted by atomic mass is 32.2. The molecule has 0 bridgehead atoms. The Bertz CT molecular complexity index is 1680. The van der Waals surface area contributed by atoms with Crippen molar-refractivity contribution in [3.05, 3.63) is 102 Å². The predicted molar refractivity (Wildman–Crippen MR) is 124 cm³/mol. The summed E-state index contributed by atoms with van der Waals surface area (Å²) in [5.41, 5.74) is 3.08. The van der Waals surface area contributed by atoms with Crippen LogP contribution in [0.3, 0.4) is 0 Å². The van der Waals surface area contributed by atoms with Crippen molar-refractivity contribution in [3.8, 4) is 0 Å². The van der Waals surface area contributed by atoms with Gasteiger partial charge in [0.1, 0.15) is 9.81 Å². The maximum atomic E-state index is 13.4. The van der Waals surface area contributed by atoms with Gasteiger partial charge in [-0.2, -0.15) is 0 Å². The molecule has 0 saturated carbocycles. The monoisotopic (exact) mass is 452 g/mol. The van der Waals surface area contributed by atoms with Crippen molar-refractivity contribution in [2.24, 2.45) is 9.98 Å². The fourth-order valence-corrected chi connectivity index (χ4v) is 5.74. The molecule has 0 atom stereocenters. The molecule has 160 valence electrons. The van der Waals surface area contributed by atoms with E-state index in [-0.39, 0.29) is 0 Å². The third-order valence-corrected chi connectivity index (χ3v) is 7.84. The van der Waals surface area contributed by atoms with Gasteiger partial charge in [-0.1, -0.05) is 36.5 Å². The van der Waals surface area contributed by atoms with E-state index in [1.54, 1.807) is 12.1 Å². The van der Waals surface area contributed by atoms with E-state index in [1.807, 2.05) is 48.6 Å². The molecule has 4 aliphatic rings. The summed E-state index contributed by atoms with van der Waals surface area (Å²) in [6, 6.07) is 7.22. The van der Waals surface area contributed by atoms with E-state index in [1.165, 1.54) is 12.2 Å². The largest absolute Gasteiger partial charge is 0.289 e. The highest BCUT2D eigenvalue weighted by Crippen LogP contribution is 2.26. The number of allylic oxidation sites excluding steroid dienone is 4. The van der Waals surface area contributed by atoms with Crippen LogP contribution in [0.15, 0.2) is 68.4 Å². The topological polar surface area (TPSA) is 93.0 Å². The van der Waals surface area contributed by atoms with E-state index < -0.39 is 31.5 Å². The molecular weight excluding hydrogens is 436 g/mol. The lowest BCUT2D eigenvalue weighted by atomic mass is 10.00. The predicted octanol–water partition coefficient (Wildman–Crippen LogP) is 0.589. The number of amides is 2. The highest BCUT2D eigenvalue weighted by Gasteiger charge is 2.36. The van der Waals surface area contributed by atoms with Crippen LogP contribution in [0, 0.1) is 0 Å². The number of hydrogen-bond acceptors (Lipinski definition) is 4. The molecule has 6 nitrogen and oxygen atoms in total. The van der Waals surface area contributed by atoms with Gasteiger partial charge >= 0.3 is 0 Å². The van der Waals surface area contributed by atoms with Crippen LogP contribution in [-0.4, -0.2) is 20.2 Å². The van der Waals surface area contributed by atoms with Crippen molar-refractivity contribution < 1.29 is 18.0 Å². The lowest BCUT2D eigenvalue weighted by Crippen LogP contribution is -2.29. The number of rotatable bonds is 2. The van der Waals surface area contributed by atoms with Crippen molar-refractivity contribution >= 4 is 46.0 Å². The van der Waals surface area contributed by atoms with E-state index in [4.69, 9.17) is 0 Å². The third-order valence-electron chi connectivity index (χ3n) is 6.09. The van der Waals surface area contributed by atoms with Gasteiger partial charge in [0.05, 0.1) is 10.7 Å². The van der Waals surface area contributed by atoms with Gasteiger partial charge in [0.2, 0.25) is 9.84 Å². The first-order chi connectivity index (χ1) is 15.9. The Kier molecular flexibility index (Phi) is 4.19. The normalized spacial score (nSPS) is 17.7. The Morgan fingerprint density at radius 2 is 1.12 bits per heavy atom. The molecule has 33 heavy (non-hydrogen) atoms. The molecule has 0 saturated heterocycles. The van der Waals surface area contributed by atoms with E-state index in [9.17, 15) is 18.0 Å². The zero-order chi connectivity index (χ0) is 22.7. The Morgan fingerprint density at radius 1 is 0.667 bits per heavy atom. The molecule has 0 spiro atoms. The van der Waals surface area contributed by atoms with Gasteiger partial charge in [0, 0.05) is 11.1 Å². The summed E-state index contributed by atoms with van der Waals surface area (Å²) in [6.07, 6.45) is 15.8. The fourth-order valence-electron chi connectivity index (χ4n) is 4.39. The summed E-state index contributed by atoms with van der Waals surface area (Å²) in [7, 11) is -4.42. The lowest BCUT2D eigenvalue weighted by molar-refractivity contribution is -0.114. The first-order valence-corrected chi connectivity index (χ1v) is 11.9. The zero-order valence-electron chi connectivity index (χ0n) is 17.3. The van der Waals surface area contributed by atoms with Gasteiger partial charge in [-0.25, -0.2) is 18.4 Å². The molecule has 2 aromatic rings. The summed E-state index contributed by atoms with van der Waals surface area (Å²) in [5, 5.41) is 2.74. The Balaban J connectivity index is 1.49. The third kappa shape index (κ3) is 3.12. The van der Waals surface area contributed by atoms with E-state index in [0.29, 0.717) is 21.8 Å². The first-order valence-electron chi connectivity index (χ1n) is 10.4. The minimum atomic E-state index is -4.42. The van der Waals surface area contributed by atoms with Crippen molar-refractivity contribution in [1.82, 2.24) is 0 Å². The number of hydrogen-bond donors (Lipinski definition) is 0. The second-order valence-corrected chi connectivity index (χ2v) is 10.1. The summed E-state index contributed by atoms with van der Waals surface area (Å²) in [5.74, 6) is -1.78. The molecule has 2 aliphatic carbocycles. The number of carbonyl (C=O) groups is 2. The highest BCUT2D eigenvalue weighted by molar-refractivity contribution is 8.01. The van der Waals surface area contributed by atoms with Gasteiger partial charge in [0.25, 0.3) is 11.8 Å². The SMILES string of the molecule is O=C1N=c2cc3c(cc2C=C1S(=O)(=O)C1=Cc2cc4c(cc2=NC1=O)CC=CC=4)=CC=CC3. The molecule has 7 heteroatoms. The van der Waals surface area contributed by atoms with Crippen LogP contribution in [0.2, 0.25) is 0 Å². The molecule has 2 heterocycles. The van der Waals surface area contributed by atoms with Crippen LogP contribution >= 0.6 is 0 Å². The minimum Gasteiger partial charge on any atom is -0.266 e. The summed E-state index contributed by atoms with van der Waals surface area (Å²) in [6.45, 7) is 0. The van der Waals surface area contributed by atoms with Gasteiger partial charge in [-0.15, -0.1) is 0 Å². The van der Waals surface area contributed by atoms with Gasteiger partial charge in [-0.3, -0.25) is 9.59 Å². The second-order valence-electron chi connectivity index (χ2n) is 8.17. The van der Waals surface area contributed by atoms with E-state index in [2.05, 4.69) is 9.98 Å². The van der Waals surface area contributed by atoms with Crippen LogP contribution in [0.1, 0.15) is 22.3 Å². The smallest absolute Gasteiger partial charge is 0.266 e. The van der Waals surface area contributed by atoms with Gasteiger partial charge in [0.15, 0.2) is 0 Å². The molecule has 2 aliphatic heterocycles. The van der Waals surface area contributed by atoms with Crippen molar-refractivity contribution in [3.63, 3.8) is 0 Å². The summed E-state index contributed by atoms with van der Waals surface area (Å²) in [4.78, 5) is 32.5. The molecule has 0 fully saturated rings. The molecule has 2 amide bonds.